The van der Waals surface area contributed by atoms with Gasteiger partial charge in [-0.15, -0.1) is 0 Å². The molecule has 0 saturated heterocycles. The Morgan fingerprint density at radius 2 is 1.57 bits per heavy atom. The number of nitrogens with two attached hydrogens (primary N) is 1. The summed E-state index contributed by atoms with van der Waals surface area (Å²) in [6, 6.07) is 0. The zero-order valence-electron chi connectivity index (χ0n) is 13.5. The van der Waals surface area contributed by atoms with Gasteiger partial charge < -0.3 is 11.1 Å². The Balaban J connectivity index is 3.39. The van der Waals surface area contributed by atoms with Crippen molar-refractivity contribution in [3.8, 4) is 0 Å². The van der Waals surface area contributed by atoms with Crippen LogP contribution in [0.15, 0.2) is 36.5 Å². The highest BCUT2D eigenvalue weighted by Crippen LogP contribution is 1.99. The van der Waals surface area contributed by atoms with Crippen LogP contribution in [0.25, 0.3) is 0 Å². The van der Waals surface area contributed by atoms with E-state index in [1.807, 2.05) is 0 Å². The van der Waals surface area contributed by atoms with Crippen LogP contribution in [0.2, 0.25) is 0 Å². The zero-order chi connectivity index (χ0) is 15.6. The molecule has 0 radical (unpaired) electrons. The molecule has 3 heteroatoms. The third-order valence-electron chi connectivity index (χ3n) is 3.00. The van der Waals surface area contributed by atoms with E-state index in [9.17, 15) is 4.79 Å². The zero-order valence-corrected chi connectivity index (χ0v) is 13.5. The van der Waals surface area contributed by atoms with Crippen LogP contribution in [0.3, 0.4) is 0 Å². The van der Waals surface area contributed by atoms with Crippen molar-refractivity contribution in [3.63, 3.8) is 0 Å². The lowest BCUT2D eigenvalue weighted by molar-refractivity contribution is -0.121. The summed E-state index contributed by atoms with van der Waals surface area (Å²) in [7, 11) is 0. The number of carbonyl (C=O) groups excluding carboxylic acids is 1. The van der Waals surface area contributed by atoms with Crippen molar-refractivity contribution in [1.29, 1.82) is 0 Å². The number of unbranched alkanes of at least 4 members (excludes halogenated alkanes) is 2. The molecule has 3 N–H and O–H groups in total. The SMILES string of the molecule is CCCCNC(=O)CCC/C=C\C/C=C\C/C=C\CCN. The van der Waals surface area contributed by atoms with Crippen LogP contribution in [0.5, 0.6) is 0 Å². The molecule has 0 aliphatic heterocycles. The van der Waals surface area contributed by atoms with E-state index < -0.39 is 0 Å². The predicted molar refractivity (Wildman–Crippen MR) is 92.1 cm³/mol. The second-order valence-corrected chi connectivity index (χ2v) is 5.06. The molecular formula is C18H32N2O. The molecular weight excluding hydrogens is 260 g/mol. The number of rotatable bonds is 13. The van der Waals surface area contributed by atoms with Gasteiger partial charge in [0.05, 0.1) is 0 Å². The number of allylic oxidation sites excluding steroid dienone is 5. The normalized spacial score (nSPS) is 11.9. The standard InChI is InChI=1S/C18H32N2O/c1-2-3-17-20-18(21)15-13-11-9-7-5-4-6-8-10-12-14-16-19/h4,6-7,9-10,12H,2-3,5,8,11,13-17,19H2,1H3,(H,20,21)/b6-4-,9-7-,12-10-. The summed E-state index contributed by atoms with van der Waals surface area (Å²) in [6.45, 7) is 3.66. The molecule has 0 rings (SSSR count). The van der Waals surface area contributed by atoms with Gasteiger partial charge in [0.25, 0.3) is 0 Å². The molecule has 0 atom stereocenters. The molecule has 120 valence electrons. The van der Waals surface area contributed by atoms with Crippen LogP contribution in [-0.4, -0.2) is 19.0 Å². The smallest absolute Gasteiger partial charge is 0.220 e. The van der Waals surface area contributed by atoms with Crippen molar-refractivity contribution in [2.24, 2.45) is 5.73 Å². The molecule has 0 aromatic heterocycles. The van der Waals surface area contributed by atoms with Crippen LogP contribution in [0.4, 0.5) is 0 Å². The van der Waals surface area contributed by atoms with Crippen LogP contribution in [0, 0.1) is 0 Å². The topological polar surface area (TPSA) is 55.1 Å². The first-order valence-corrected chi connectivity index (χ1v) is 8.23. The minimum Gasteiger partial charge on any atom is -0.356 e. The monoisotopic (exact) mass is 292 g/mol. The molecule has 0 spiro atoms. The van der Waals surface area contributed by atoms with Crippen molar-refractivity contribution in [2.75, 3.05) is 13.1 Å². The van der Waals surface area contributed by atoms with E-state index in [-0.39, 0.29) is 5.91 Å². The van der Waals surface area contributed by atoms with Crippen LogP contribution < -0.4 is 11.1 Å². The van der Waals surface area contributed by atoms with Gasteiger partial charge in [-0.2, -0.15) is 0 Å². The van der Waals surface area contributed by atoms with Crippen LogP contribution in [0.1, 0.15) is 58.3 Å². The third-order valence-corrected chi connectivity index (χ3v) is 3.00. The first kappa shape index (κ1) is 19.7. The average Bonchev–Trinajstić information content (AvgIpc) is 2.48. The van der Waals surface area contributed by atoms with Gasteiger partial charge in [-0.05, 0) is 45.1 Å². The minimum atomic E-state index is 0.181. The Morgan fingerprint density at radius 1 is 0.952 bits per heavy atom. The summed E-state index contributed by atoms with van der Waals surface area (Å²) < 4.78 is 0. The van der Waals surface area contributed by atoms with Gasteiger partial charge in [0, 0.05) is 13.0 Å². The number of carbonyl (C=O) groups is 1. The summed E-state index contributed by atoms with van der Waals surface area (Å²) in [5, 5.41) is 2.93. The van der Waals surface area contributed by atoms with Crippen LogP contribution in [-0.2, 0) is 4.79 Å². The summed E-state index contributed by atoms with van der Waals surface area (Å²) in [5.41, 5.74) is 5.39. The Labute approximate surface area is 130 Å². The van der Waals surface area contributed by atoms with E-state index in [1.54, 1.807) is 0 Å². The predicted octanol–water partition coefficient (Wildman–Crippen LogP) is 3.87. The van der Waals surface area contributed by atoms with Gasteiger partial charge >= 0.3 is 0 Å². The minimum absolute atomic E-state index is 0.181. The van der Waals surface area contributed by atoms with E-state index in [1.165, 1.54) is 0 Å². The Kier molecular flexibility index (Phi) is 15.6. The second-order valence-electron chi connectivity index (χ2n) is 5.06. The lowest BCUT2D eigenvalue weighted by atomic mass is 10.2. The molecule has 0 saturated carbocycles. The maximum absolute atomic E-state index is 11.4. The maximum Gasteiger partial charge on any atom is 0.220 e. The van der Waals surface area contributed by atoms with E-state index >= 15 is 0 Å². The van der Waals surface area contributed by atoms with Crippen molar-refractivity contribution in [1.82, 2.24) is 5.32 Å². The highest BCUT2D eigenvalue weighted by atomic mass is 16.1. The molecule has 0 bridgehead atoms. The van der Waals surface area contributed by atoms with Crippen molar-refractivity contribution in [2.45, 2.75) is 58.3 Å². The number of hydrogen-bond donors (Lipinski definition) is 2. The highest BCUT2D eigenvalue weighted by Gasteiger charge is 1.97. The van der Waals surface area contributed by atoms with Gasteiger partial charge in [-0.1, -0.05) is 49.8 Å². The summed E-state index contributed by atoms with van der Waals surface area (Å²) >= 11 is 0. The molecule has 1 amide bonds. The van der Waals surface area contributed by atoms with Crippen LogP contribution >= 0.6 is 0 Å². The Morgan fingerprint density at radius 3 is 2.19 bits per heavy atom. The fraction of sp³-hybridized carbons (Fsp3) is 0.611. The quantitative estimate of drug-likeness (QED) is 0.400. The van der Waals surface area contributed by atoms with Gasteiger partial charge in [-0.25, -0.2) is 0 Å². The van der Waals surface area contributed by atoms with E-state index in [0.29, 0.717) is 6.42 Å². The molecule has 0 aromatic rings. The van der Waals surface area contributed by atoms with E-state index in [2.05, 4.69) is 48.7 Å². The molecule has 0 aromatic carbocycles. The van der Waals surface area contributed by atoms with Crippen molar-refractivity contribution >= 4 is 5.91 Å². The van der Waals surface area contributed by atoms with Gasteiger partial charge in [0.15, 0.2) is 0 Å². The maximum atomic E-state index is 11.4. The summed E-state index contributed by atoms with van der Waals surface area (Å²) in [5.74, 6) is 0.181. The molecule has 3 nitrogen and oxygen atoms in total. The van der Waals surface area contributed by atoms with Gasteiger partial charge in [0.1, 0.15) is 0 Å². The lowest BCUT2D eigenvalue weighted by Crippen LogP contribution is -2.23. The number of amides is 1. The number of hydrogen-bond acceptors (Lipinski definition) is 2. The number of nitrogens with one attached hydrogen (secondary N) is 1. The van der Waals surface area contributed by atoms with E-state index in [4.69, 9.17) is 5.73 Å². The van der Waals surface area contributed by atoms with E-state index in [0.717, 1.165) is 58.0 Å². The fourth-order valence-electron chi connectivity index (χ4n) is 1.75. The lowest BCUT2D eigenvalue weighted by Gasteiger charge is -2.02. The Bertz CT molecular complexity index is 319. The Hall–Kier alpha value is -1.35. The summed E-state index contributed by atoms with van der Waals surface area (Å²) in [4.78, 5) is 11.4. The van der Waals surface area contributed by atoms with Gasteiger partial charge in [-0.3, -0.25) is 4.79 Å². The largest absolute Gasteiger partial charge is 0.356 e. The molecule has 0 aliphatic rings. The first-order chi connectivity index (χ1) is 10.3. The molecule has 0 aliphatic carbocycles. The van der Waals surface area contributed by atoms with Crippen molar-refractivity contribution in [3.05, 3.63) is 36.5 Å². The first-order valence-electron chi connectivity index (χ1n) is 8.23. The second kappa shape index (κ2) is 16.7. The molecule has 0 unspecified atom stereocenters. The summed E-state index contributed by atoms with van der Waals surface area (Å²) in [6.07, 6.45) is 20.6. The fourth-order valence-corrected chi connectivity index (χ4v) is 1.75. The van der Waals surface area contributed by atoms with Crippen molar-refractivity contribution < 1.29 is 4.79 Å². The third kappa shape index (κ3) is 16.6. The molecule has 0 heterocycles. The van der Waals surface area contributed by atoms with Gasteiger partial charge in [0.2, 0.25) is 5.91 Å². The molecule has 21 heavy (non-hydrogen) atoms. The average molecular weight is 292 g/mol. The highest BCUT2D eigenvalue weighted by molar-refractivity contribution is 5.75. The molecule has 0 fully saturated rings.